The number of hydrogen-bond donors (Lipinski definition) is 2. The van der Waals surface area contributed by atoms with Crippen LogP contribution in [0.15, 0.2) is 12.3 Å². The highest BCUT2D eigenvalue weighted by Gasteiger charge is 2.23. The quantitative estimate of drug-likeness (QED) is 0.741. The van der Waals surface area contributed by atoms with E-state index in [1.807, 2.05) is 6.92 Å². The minimum Gasteiger partial charge on any atom is -0.477 e. The predicted octanol–water partition coefficient (Wildman–Crippen LogP) is 3.48. The molecule has 8 nitrogen and oxygen atoms in total. The Morgan fingerprint density at radius 1 is 1.42 bits per heavy atom. The number of fused-ring (bicyclic) bond motifs is 1. The van der Waals surface area contributed by atoms with Crippen LogP contribution in [0.4, 0.5) is 4.79 Å². The van der Waals surface area contributed by atoms with Crippen LogP contribution in [0, 0.1) is 0 Å². The summed E-state index contributed by atoms with van der Waals surface area (Å²) in [7, 11) is 0. The van der Waals surface area contributed by atoms with Crippen LogP contribution in [0.3, 0.4) is 0 Å². The standard InChI is InChI=1S/C17H23ClN4O4/c1-5-6-11(20-16(25)26-17(2,3)4)9-22-12(14(23)24)7-10-8-19-15(18)21-13(10)22/h7-8,11H,5-6,9H2,1-4H3,(H,20,25)(H,23,24)/t11-/m0/s1. The lowest BCUT2D eigenvalue weighted by Crippen LogP contribution is -2.41. The number of carbonyl (C=O) groups excluding carboxylic acids is 1. The molecular weight excluding hydrogens is 360 g/mol. The first-order valence-corrected chi connectivity index (χ1v) is 8.73. The fraction of sp³-hybridized carbons (Fsp3) is 0.529. The first-order chi connectivity index (χ1) is 12.1. The highest BCUT2D eigenvalue weighted by Crippen LogP contribution is 2.20. The summed E-state index contributed by atoms with van der Waals surface area (Å²) < 4.78 is 6.83. The van der Waals surface area contributed by atoms with E-state index >= 15 is 0 Å². The topological polar surface area (TPSA) is 106 Å². The molecule has 0 aliphatic heterocycles. The summed E-state index contributed by atoms with van der Waals surface area (Å²) in [5.74, 6) is -1.09. The number of amides is 1. The Kier molecular flexibility index (Phi) is 6.07. The summed E-state index contributed by atoms with van der Waals surface area (Å²) in [5.41, 5.74) is -0.147. The molecular formula is C17H23ClN4O4. The molecule has 2 N–H and O–H groups in total. The third kappa shape index (κ3) is 5.08. The Morgan fingerprint density at radius 2 is 2.12 bits per heavy atom. The number of alkyl carbamates (subject to hydrolysis) is 1. The van der Waals surface area contributed by atoms with Gasteiger partial charge in [0.2, 0.25) is 5.28 Å². The van der Waals surface area contributed by atoms with Gasteiger partial charge in [-0.3, -0.25) is 0 Å². The number of carbonyl (C=O) groups is 2. The molecule has 0 radical (unpaired) electrons. The van der Waals surface area contributed by atoms with Gasteiger partial charge in [-0.05, 0) is 44.9 Å². The van der Waals surface area contributed by atoms with Crippen molar-refractivity contribution in [2.45, 2.75) is 58.7 Å². The lowest BCUT2D eigenvalue weighted by Gasteiger charge is -2.24. The van der Waals surface area contributed by atoms with E-state index in [0.717, 1.165) is 6.42 Å². The third-order valence-electron chi connectivity index (χ3n) is 3.59. The maximum atomic E-state index is 12.1. The van der Waals surface area contributed by atoms with Crippen molar-refractivity contribution in [1.29, 1.82) is 0 Å². The molecule has 26 heavy (non-hydrogen) atoms. The smallest absolute Gasteiger partial charge is 0.407 e. The zero-order chi connectivity index (χ0) is 19.5. The number of carboxylic acids is 1. The van der Waals surface area contributed by atoms with E-state index in [9.17, 15) is 14.7 Å². The molecule has 0 aromatic carbocycles. The molecule has 1 amide bonds. The summed E-state index contributed by atoms with van der Waals surface area (Å²) in [6.45, 7) is 7.55. The van der Waals surface area contributed by atoms with Gasteiger partial charge in [-0.25, -0.2) is 14.6 Å². The van der Waals surface area contributed by atoms with Gasteiger partial charge in [0.05, 0.1) is 6.04 Å². The zero-order valence-corrected chi connectivity index (χ0v) is 16.0. The fourth-order valence-electron chi connectivity index (χ4n) is 2.63. The minimum absolute atomic E-state index is 0.0286. The van der Waals surface area contributed by atoms with E-state index in [1.165, 1.54) is 16.8 Å². The number of carboxylic acid groups (broad SMARTS) is 1. The fourth-order valence-corrected chi connectivity index (χ4v) is 2.76. The van der Waals surface area contributed by atoms with E-state index in [4.69, 9.17) is 16.3 Å². The van der Waals surface area contributed by atoms with Crippen molar-refractivity contribution < 1.29 is 19.4 Å². The maximum Gasteiger partial charge on any atom is 0.407 e. The number of aromatic nitrogens is 3. The molecule has 2 aromatic rings. The summed E-state index contributed by atoms with van der Waals surface area (Å²) in [6.07, 6.45) is 2.38. The van der Waals surface area contributed by atoms with Crippen LogP contribution in [-0.2, 0) is 11.3 Å². The summed E-state index contributed by atoms with van der Waals surface area (Å²) in [5, 5.41) is 12.9. The van der Waals surface area contributed by atoms with Crippen LogP contribution < -0.4 is 5.32 Å². The van der Waals surface area contributed by atoms with Crippen molar-refractivity contribution in [3.63, 3.8) is 0 Å². The average molecular weight is 383 g/mol. The van der Waals surface area contributed by atoms with E-state index < -0.39 is 17.7 Å². The number of nitrogens with one attached hydrogen (secondary N) is 1. The number of rotatable bonds is 6. The van der Waals surface area contributed by atoms with Crippen molar-refractivity contribution in [2.75, 3.05) is 0 Å². The van der Waals surface area contributed by atoms with Gasteiger partial charge in [-0.15, -0.1) is 0 Å². The number of nitrogens with zero attached hydrogens (tertiary/aromatic N) is 3. The van der Waals surface area contributed by atoms with Crippen molar-refractivity contribution in [1.82, 2.24) is 19.9 Å². The number of hydrogen-bond acceptors (Lipinski definition) is 5. The summed E-state index contributed by atoms with van der Waals surface area (Å²) in [6, 6.07) is 1.17. The lowest BCUT2D eigenvalue weighted by atomic mass is 10.1. The molecule has 0 saturated heterocycles. The summed E-state index contributed by atoms with van der Waals surface area (Å²) >= 11 is 5.86. The first kappa shape index (κ1) is 20.0. The third-order valence-corrected chi connectivity index (χ3v) is 3.77. The maximum absolute atomic E-state index is 12.1. The van der Waals surface area contributed by atoms with Gasteiger partial charge in [0, 0.05) is 18.1 Å². The molecule has 9 heteroatoms. The monoisotopic (exact) mass is 382 g/mol. The van der Waals surface area contributed by atoms with E-state index in [-0.39, 0.29) is 23.6 Å². The first-order valence-electron chi connectivity index (χ1n) is 8.35. The number of aromatic carboxylic acids is 1. The van der Waals surface area contributed by atoms with Gasteiger partial charge in [0.1, 0.15) is 16.9 Å². The second-order valence-electron chi connectivity index (χ2n) is 7.00. The molecule has 0 saturated carbocycles. The van der Waals surface area contributed by atoms with E-state index in [1.54, 1.807) is 20.8 Å². The van der Waals surface area contributed by atoms with Gasteiger partial charge in [-0.2, -0.15) is 4.98 Å². The van der Waals surface area contributed by atoms with Crippen molar-refractivity contribution in [2.24, 2.45) is 0 Å². The molecule has 2 heterocycles. The molecule has 0 unspecified atom stereocenters. The second-order valence-corrected chi connectivity index (χ2v) is 7.33. The van der Waals surface area contributed by atoms with Crippen LogP contribution in [-0.4, -0.2) is 43.3 Å². The lowest BCUT2D eigenvalue weighted by molar-refractivity contribution is 0.0496. The second kappa shape index (κ2) is 7.90. The van der Waals surface area contributed by atoms with Crippen LogP contribution in [0.25, 0.3) is 11.0 Å². The van der Waals surface area contributed by atoms with Crippen LogP contribution in [0.1, 0.15) is 51.0 Å². The van der Waals surface area contributed by atoms with Crippen LogP contribution in [0.2, 0.25) is 5.28 Å². The Bertz CT molecular complexity index is 813. The molecule has 2 rings (SSSR count). The largest absolute Gasteiger partial charge is 0.477 e. The van der Waals surface area contributed by atoms with Gasteiger partial charge in [0.15, 0.2) is 0 Å². The Hall–Kier alpha value is -2.35. The normalized spacial score (nSPS) is 12.8. The molecule has 2 aromatic heterocycles. The summed E-state index contributed by atoms with van der Waals surface area (Å²) in [4.78, 5) is 31.7. The Balaban J connectivity index is 2.32. The highest BCUT2D eigenvalue weighted by molar-refractivity contribution is 6.28. The molecule has 0 bridgehead atoms. The van der Waals surface area contributed by atoms with Gasteiger partial charge in [0.25, 0.3) is 0 Å². The van der Waals surface area contributed by atoms with Crippen molar-refractivity contribution in [3.8, 4) is 0 Å². The molecule has 0 spiro atoms. The van der Waals surface area contributed by atoms with Crippen LogP contribution >= 0.6 is 11.6 Å². The number of ether oxygens (including phenoxy) is 1. The SMILES string of the molecule is CCC[C@@H](Cn1c(C(=O)O)cc2cnc(Cl)nc21)NC(=O)OC(C)(C)C. The van der Waals surface area contributed by atoms with Crippen molar-refractivity contribution in [3.05, 3.63) is 23.2 Å². The van der Waals surface area contributed by atoms with E-state index in [0.29, 0.717) is 17.5 Å². The average Bonchev–Trinajstić information content (AvgIpc) is 2.84. The Morgan fingerprint density at radius 3 is 2.69 bits per heavy atom. The minimum atomic E-state index is -1.09. The molecule has 142 valence electrons. The predicted molar refractivity (Wildman–Crippen MR) is 97.6 cm³/mol. The van der Waals surface area contributed by atoms with Crippen LogP contribution in [0.5, 0.6) is 0 Å². The highest BCUT2D eigenvalue weighted by atomic mass is 35.5. The van der Waals surface area contributed by atoms with Crippen molar-refractivity contribution >= 4 is 34.7 Å². The molecule has 0 aliphatic rings. The van der Waals surface area contributed by atoms with E-state index in [2.05, 4.69) is 15.3 Å². The van der Waals surface area contributed by atoms with Gasteiger partial charge < -0.3 is 19.7 Å². The van der Waals surface area contributed by atoms with Gasteiger partial charge >= 0.3 is 12.1 Å². The Labute approximate surface area is 156 Å². The van der Waals surface area contributed by atoms with Gasteiger partial charge in [-0.1, -0.05) is 13.3 Å². The molecule has 1 atom stereocenters. The zero-order valence-electron chi connectivity index (χ0n) is 15.2. The molecule has 0 fully saturated rings. The molecule has 0 aliphatic carbocycles. The number of halogens is 1.